The first-order chi connectivity index (χ1) is 6.81. The fraction of sp³-hybridized carbons (Fsp3) is 1.00. The molecule has 0 bridgehead atoms. The molecule has 2 aliphatic rings. The molecule has 0 aromatic heterocycles. The molecular weight excluding hydrogens is 174 g/mol. The van der Waals surface area contributed by atoms with Gasteiger partial charge in [-0.2, -0.15) is 0 Å². The Balaban J connectivity index is 1.88. The summed E-state index contributed by atoms with van der Waals surface area (Å²) in [7, 11) is 0. The Bertz CT molecular complexity index is 177. The van der Waals surface area contributed by atoms with Gasteiger partial charge in [-0.15, -0.1) is 0 Å². The first-order valence-electron chi connectivity index (χ1n) is 6.15. The summed E-state index contributed by atoms with van der Waals surface area (Å²) in [5.74, 6) is 2.28. The number of hydrogen-bond donors (Lipinski definition) is 2. The maximum absolute atomic E-state index is 9.28. The summed E-state index contributed by atoms with van der Waals surface area (Å²) in [5, 5.41) is 12.8. The fourth-order valence-electron chi connectivity index (χ4n) is 3.20. The van der Waals surface area contributed by atoms with E-state index in [9.17, 15) is 5.11 Å². The van der Waals surface area contributed by atoms with E-state index >= 15 is 0 Å². The number of hydrogen-bond acceptors (Lipinski definition) is 2. The van der Waals surface area contributed by atoms with Gasteiger partial charge in [0.15, 0.2) is 0 Å². The van der Waals surface area contributed by atoms with Crippen molar-refractivity contribution in [3.8, 4) is 0 Å². The Morgan fingerprint density at radius 1 is 1.21 bits per heavy atom. The van der Waals surface area contributed by atoms with E-state index in [4.69, 9.17) is 0 Å². The van der Waals surface area contributed by atoms with Crippen LogP contribution in [0.4, 0.5) is 0 Å². The Morgan fingerprint density at radius 2 is 1.93 bits per heavy atom. The second-order valence-electron chi connectivity index (χ2n) is 5.18. The van der Waals surface area contributed by atoms with E-state index in [1.165, 1.54) is 38.6 Å². The van der Waals surface area contributed by atoms with Gasteiger partial charge in [0, 0.05) is 12.6 Å². The van der Waals surface area contributed by atoms with E-state index in [1.807, 2.05) is 0 Å². The van der Waals surface area contributed by atoms with Crippen molar-refractivity contribution in [2.45, 2.75) is 45.1 Å². The SMILES string of the molecule is CC1NCC(C2CCCC2)CC1CO. The molecule has 1 saturated heterocycles. The minimum absolute atomic E-state index is 0.359. The number of aliphatic hydroxyl groups excluding tert-OH is 1. The van der Waals surface area contributed by atoms with Crippen molar-refractivity contribution in [2.75, 3.05) is 13.2 Å². The van der Waals surface area contributed by atoms with Crippen molar-refractivity contribution in [1.29, 1.82) is 0 Å². The lowest BCUT2D eigenvalue weighted by Crippen LogP contribution is -2.46. The Morgan fingerprint density at radius 3 is 2.57 bits per heavy atom. The predicted molar refractivity (Wildman–Crippen MR) is 58.1 cm³/mol. The number of piperidine rings is 1. The van der Waals surface area contributed by atoms with Crippen LogP contribution in [0.1, 0.15) is 39.0 Å². The summed E-state index contributed by atoms with van der Waals surface area (Å²) in [5.41, 5.74) is 0. The van der Waals surface area contributed by atoms with E-state index in [0.717, 1.165) is 11.8 Å². The van der Waals surface area contributed by atoms with Crippen LogP contribution in [0.15, 0.2) is 0 Å². The zero-order valence-corrected chi connectivity index (χ0v) is 9.21. The van der Waals surface area contributed by atoms with Crippen LogP contribution in [0.2, 0.25) is 0 Å². The van der Waals surface area contributed by atoms with Crippen molar-refractivity contribution in [3.63, 3.8) is 0 Å². The zero-order chi connectivity index (χ0) is 9.97. The molecule has 2 heteroatoms. The molecule has 3 atom stereocenters. The molecule has 2 rings (SSSR count). The average Bonchev–Trinajstić information content (AvgIpc) is 2.71. The number of nitrogens with one attached hydrogen (secondary N) is 1. The Kier molecular flexibility index (Phi) is 3.45. The molecule has 14 heavy (non-hydrogen) atoms. The molecule has 0 aromatic rings. The molecule has 2 fully saturated rings. The molecule has 3 unspecified atom stereocenters. The summed E-state index contributed by atoms with van der Waals surface area (Å²) in [4.78, 5) is 0. The minimum atomic E-state index is 0.359. The maximum Gasteiger partial charge on any atom is 0.0474 e. The Labute approximate surface area is 87.1 Å². The third-order valence-electron chi connectivity index (χ3n) is 4.32. The third-order valence-corrected chi connectivity index (χ3v) is 4.32. The van der Waals surface area contributed by atoms with Crippen molar-refractivity contribution >= 4 is 0 Å². The quantitative estimate of drug-likeness (QED) is 0.707. The van der Waals surface area contributed by atoms with Gasteiger partial charge in [-0.1, -0.05) is 25.7 Å². The molecule has 1 saturated carbocycles. The summed E-state index contributed by atoms with van der Waals surface area (Å²) in [6.07, 6.45) is 6.97. The van der Waals surface area contributed by atoms with Crippen LogP contribution in [-0.2, 0) is 0 Å². The van der Waals surface area contributed by atoms with Gasteiger partial charge >= 0.3 is 0 Å². The van der Waals surface area contributed by atoms with Gasteiger partial charge in [0.1, 0.15) is 0 Å². The van der Waals surface area contributed by atoms with Crippen LogP contribution in [-0.4, -0.2) is 24.3 Å². The highest BCUT2D eigenvalue weighted by atomic mass is 16.3. The first-order valence-corrected chi connectivity index (χ1v) is 6.15. The topological polar surface area (TPSA) is 32.3 Å². The molecule has 82 valence electrons. The van der Waals surface area contributed by atoms with E-state index in [1.54, 1.807) is 0 Å². The molecule has 1 aliphatic carbocycles. The van der Waals surface area contributed by atoms with Crippen LogP contribution in [0.5, 0.6) is 0 Å². The Hall–Kier alpha value is -0.0800. The van der Waals surface area contributed by atoms with Gasteiger partial charge in [-0.3, -0.25) is 0 Å². The monoisotopic (exact) mass is 197 g/mol. The van der Waals surface area contributed by atoms with Crippen LogP contribution in [0, 0.1) is 17.8 Å². The molecule has 2 nitrogen and oxygen atoms in total. The molecular formula is C12H23NO. The summed E-state index contributed by atoms with van der Waals surface area (Å²) < 4.78 is 0. The van der Waals surface area contributed by atoms with E-state index < -0.39 is 0 Å². The molecule has 0 spiro atoms. The summed E-state index contributed by atoms with van der Waals surface area (Å²) in [6.45, 7) is 3.74. The second-order valence-corrected chi connectivity index (χ2v) is 5.18. The van der Waals surface area contributed by atoms with Gasteiger partial charge in [-0.05, 0) is 37.6 Å². The zero-order valence-electron chi connectivity index (χ0n) is 9.21. The molecule has 1 heterocycles. The lowest BCUT2D eigenvalue weighted by Gasteiger charge is -2.37. The van der Waals surface area contributed by atoms with Crippen molar-refractivity contribution in [2.24, 2.45) is 17.8 Å². The van der Waals surface area contributed by atoms with Gasteiger partial charge in [0.25, 0.3) is 0 Å². The van der Waals surface area contributed by atoms with Gasteiger partial charge in [0.2, 0.25) is 0 Å². The normalized spacial score (nSPS) is 40.3. The van der Waals surface area contributed by atoms with Gasteiger partial charge in [-0.25, -0.2) is 0 Å². The van der Waals surface area contributed by atoms with Gasteiger partial charge < -0.3 is 10.4 Å². The molecule has 0 radical (unpaired) electrons. The van der Waals surface area contributed by atoms with E-state index in [-0.39, 0.29) is 0 Å². The summed E-state index contributed by atoms with van der Waals surface area (Å²) >= 11 is 0. The smallest absolute Gasteiger partial charge is 0.0474 e. The van der Waals surface area contributed by atoms with Crippen molar-refractivity contribution < 1.29 is 5.11 Å². The highest BCUT2D eigenvalue weighted by Crippen LogP contribution is 2.36. The van der Waals surface area contributed by atoms with Crippen molar-refractivity contribution in [1.82, 2.24) is 5.32 Å². The van der Waals surface area contributed by atoms with Crippen molar-refractivity contribution in [3.05, 3.63) is 0 Å². The standard InChI is InChI=1S/C12H23NO/c1-9-12(8-14)6-11(7-13-9)10-4-2-3-5-10/h9-14H,2-8H2,1H3. The molecule has 2 N–H and O–H groups in total. The van der Waals surface area contributed by atoms with Gasteiger partial charge in [0.05, 0.1) is 0 Å². The maximum atomic E-state index is 9.28. The van der Waals surface area contributed by atoms with Crippen LogP contribution >= 0.6 is 0 Å². The number of aliphatic hydroxyl groups is 1. The van der Waals surface area contributed by atoms with E-state index in [0.29, 0.717) is 18.6 Å². The molecule has 1 aliphatic heterocycles. The predicted octanol–water partition coefficient (Wildman–Crippen LogP) is 1.78. The molecule has 0 amide bonds. The molecule has 0 aromatic carbocycles. The highest BCUT2D eigenvalue weighted by molar-refractivity contribution is 4.87. The van der Waals surface area contributed by atoms with Crippen LogP contribution < -0.4 is 5.32 Å². The first kappa shape index (κ1) is 10.4. The average molecular weight is 197 g/mol. The van der Waals surface area contributed by atoms with Crippen LogP contribution in [0.25, 0.3) is 0 Å². The lowest BCUT2D eigenvalue weighted by molar-refractivity contribution is 0.115. The number of rotatable bonds is 2. The minimum Gasteiger partial charge on any atom is -0.396 e. The summed E-state index contributed by atoms with van der Waals surface area (Å²) in [6, 6.07) is 0.512. The lowest BCUT2D eigenvalue weighted by atomic mass is 9.78. The van der Waals surface area contributed by atoms with Crippen LogP contribution in [0.3, 0.4) is 0 Å². The fourth-order valence-corrected chi connectivity index (χ4v) is 3.20. The highest BCUT2D eigenvalue weighted by Gasteiger charge is 2.32. The largest absolute Gasteiger partial charge is 0.396 e. The second kappa shape index (κ2) is 4.63. The van der Waals surface area contributed by atoms with E-state index in [2.05, 4.69) is 12.2 Å². The third kappa shape index (κ3) is 2.12.